The van der Waals surface area contributed by atoms with Crippen LogP contribution in [0.5, 0.6) is 5.75 Å². The summed E-state index contributed by atoms with van der Waals surface area (Å²) in [5, 5.41) is 16.0. The van der Waals surface area contributed by atoms with Crippen molar-refractivity contribution in [3.8, 4) is 17.0 Å². The van der Waals surface area contributed by atoms with Crippen LogP contribution in [0.1, 0.15) is 10.5 Å². The number of anilines is 2. The van der Waals surface area contributed by atoms with E-state index in [2.05, 4.69) is 30.2 Å². The summed E-state index contributed by atoms with van der Waals surface area (Å²) in [5.41, 5.74) is 2.09. The predicted molar refractivity (Wildman–Crippen MR) is 124 cm³/mol. The number of piperazine rings is 1. The van der Waals surface area contributed by atoms with Crippen molar-refractivity contribution in [2.45, 2.75) is 0 Å². The first-order valence-electron chi connectivity index (χ1n) is 11.1. The summed E-state index contributed by atoms with van der Waals surface area (Å²) < 4.78 is 10.7. The second-order valence-corrected chi connectivity index (χ2v) is 8.03. The van der Waals surface area contributed by atoms with Crippen LogP contribution in [0.2, 0.25) is 0 Å². The van der Waals surface area contributed by atoms with Gasteiger partial charge in [-0.2, -0.15) is 5.10 Å². The number of benzene rings is 1. The van der Waals surface area contributed by atoms with Crippen LogP contribution in [0.25, 0.3) is 11.3 Å². The topological polar surface area (TPSA) is 99.7 Å². The van der Waals surface area contributed by atoms with Crippen molar-refractivity contribution in [1.82, 2.24) is 25.3 Å². The third kappa shape index (κ3) is 4.61. The lowest BCUT2D eigenvalue weighted by Gasteiger charge is -2.35. The maximum absolute atomic E-state index is 13.0. The standard InChI is InChI=1S/C23H27N7O3/c1-32-18-4-2-3-17(15-18)19-16-20(25-24-19)23(31)30-9-7-28(8-10-30)21-5-6-22(27-26-21)29-11-13-33-14-12-29/h2-6,15-16H,7-14H2,1H3,(H,24,25). The molecule has 2 saturated heterocycles. The first-order chi connectivity index (χ1) is 16.2. The van der Waals surface area contributed by atoms with Crippen molar-refractivity contribution in [3.63, 3.8) is 0 Å². The summed E-state index contributed by atoms with van der Waals surface area (Å²) in [7, 11) is 1.63. The summed E-state index contributed by atoms with van der Waals surface area (Å²) in [6.45, 7) is 5.73. The Morgan fingerprint density at radius 3 is 2.30 bits per heavy atom. The molecular weight excluding hydrogens is 422 g/mol. The fourth-order valence-corrected chi connectivity index (χ4v) is 4.12. The number of morpholine rings is 1. The molecule has 172 valence electrons. The minimum absolute atomic E-state index is 0.0509. The zero-order chi connectivity index (χ0) is 22.6. The number of methoxy groups -OCH3 is 1. The van der Waals surface area contributed by atoms with E-state index in [1.807, 2.05) is 41.3 Å². The lowest BCUT2D eigenvalue weighted by molar-refractivity contribution is 0.0740. The van der Waals surface area contributed by atoms with E-state index in [9.17, 15) is 4.79 Å². The Bertz CT molecular complexity index is 1090. The second kappa shape index (κ2) is 9.45. The number of nitrogens with zero attached hydrogens (tertiary/aromatic N) is 6. The number of nitrogens with one attached hydrogen (secondary N) is 1. The zero-order valence-electron chi connectivity index (χ0n) is 18.6. The number of carbonyl (C=O) groups excluding carboxylic acids is 1. The predicted octanol–water partition coefficient (Wildman–Crippen LogP) is 1.67. The Morgan fingerprint density at radius 1 is 0.939 bits per heavy atom. The lowest BCUT2D eigenvalue weighted by atomic mass is 10.1. The van der Waals surface area contributed by atoms with Crippen LogP contribution in [-0.2, 0) is 4.74 Å². The van der Waals surface area contributed by atoms with E-state index in [0.717, 1.165) is 49.3 Å². The SMILES string of the molecule is COc1cccc(-c2cc(C(=O)N3CCN(c4ccc(N5CCOCC5)nn4)CC3)[nH]n2)c1. The number of hydrogen-bond acceptors (Lipinski definition) is 8. The van der Waals surface area contributed by atoms with Crippen molar-refractivity contribution in [3.05, 3.63) is 48.2 Å². The average molecular weight is 450 g/mol. The Kier molecular flexibility index (Phi) is 6.07. The monoisotopic (exact) mass is 449 g/mol. The van der Waals surface area contributed by atoms with E-state index < -0.39 is 0 Å². The van der Waals surface area contributed by atoms with E-state index in [4.69, 9.17) is 9.47 Å². The van der Waals surface area contributed by atoms with E-state index in [1.54, 1.807) is 13.2 Å². The maximum atomic E-state index is 13.0. The molecule has 0 spiro atoms. The molecule has 2 aliphatic rings. The maximum Gasteiger partial charge on any atom is 0.272 e. The fourth-order valence-electron chi connectivity index (χ4n) is 4.12. The third-order valence-corrected chi connectivity index (χ3v) is 6.04. The minimum atomic E-state index is -0.0509. The van der Waals surface area contributed by atoms with Crippen LogP contribution in [0.4, 0.5) is 11.6 Å². The number of hydrogen-bond donors (Lipinski definition) is 1. The van der Waals surface area contributed by atoms with Crippen LogP contribution in [0.15, 0.2) is 42.5 Å². The molecule has 0 radical (unpaired) electrons. The Hall–Kier alpha value is -3.66. The van der Waals surface area contributed by atoms with Crippen LogP contribution < -0.4 is 14.5 Å². The molecular formula is C23H27N7O3. The van der Waals surface area contributed by atoms with Crippen molar-refractivity contribution >= 4 is 17.5 Å². The van der Waals surface area contributed by atoms with Gasteiger partial charge in [-0.15, -0.1) is 10.2 Å². The normalized spacial score (nSPS) is 16.7. The molecule has 3 aromatic rings. The second-order valence-electron chi connectivity index (χ2n) is 8.03. The van der Waals surface area contributed by atoms with Gasteiger partial charge >= 0.3 is 0 Å². The highest BCUT2D eigenvalue weighted by atomic mass is 16.5. The molecule has 0 unspecified atom stereocenters. The van der Waals surface area contributed by atoms with E-state index >= 15 is 0 Å². The van der Waals surface area contributed by atoms with Gasteiger partial charge in [0.15, 0.2) is 11.6 Å². The molecule has 2 aliphatic heterocycles. The number of carbonyl (C=O) groups is 1. The molecule has 1 N–H and O–H groups in total. The molecule has 2 fully saturated rings. The Balaban J connectivity index is 1.19. The average Bonchev–Trinajstić information content (AvgIpc) is 3.39. The first kappa shape index (κ1) is 21.2. The molecule has 2 aromatic heterocycles. The zero-order valence-corrected chi connectivity index (χ0v) is 18.6. The van der Waals surface area contributed by atoms with Gasteiger partial charge in [-0.25, -0.2) is 0 Å². The van der Waals surface area contributed by atoms with Gasteiger partial charge in [0.25, 0.3) is 5.91 Å². The molecule has 33 heavy (non-hydrogen) atoms. The van der Waals surface area contributed by atoms with Gasteiger partial charge in [0.1, 0.15) is 11.4 Å². The summed E-state index contributed by atoms with van der Waals surface area (Å²) in [5.74, 6) is 2.41. The fraction of sp³-hybridized carbons (Fsp3) is 0.391. The molecule has 0 atom stereocenters. The Morgan fingerprint density at radius 2 is 1.64 bits per heavy atom. The van der Waals surface area contributed by atoms with Gasteiger partial charge in [-0.3, -0.25) is 9.89 Å². The van der Waals surface area contributed by atoms with Crippen molar-refractivity contribution in [1.29, 1.82) is 0 Å². The molecule has 5 rings (SSSR count). The van der Waals surface area contributed by atoms with Crippen molar-refractivity contribution < 1.29 is 14.3 Å². The van der Waals surface area contributed by atoms with Gasteiger partial charge in [0.05, 0.1) is 26.0 Å². The van der Waals surface area contributed by atoms with Crippen LogP contribution in [0.3, 0.4) is 0 Å². The quantitative estimate of drug-likeness (QED) is 0.628. The molecule has 0 aliphatic carbocycles. The van der Waals surface area contributed by atoms with Gasteiger partial charge in [0, 0.05) is 44.8 Å². The minimum Gasteiger partial charge on any atom is -0.497 e. The van der Waals surface area contributed by atoms with Crippen LogP contribution in [0, 0.1) is 0 Å². The van der Waals surface area contributed by atoms with E-state index in [-0.39, 0.29) is 5.91 Å². The highest BCUT2D eigenvalue weighted by molar-refractivity contribution is 5.93. The largest absolute Gasteiger partial charge is 0.497 e. The Labute approximate surface area is 192 Å². The summed E-state index contributed by atoms with van der Waals surface area (Å²) >= 11 is 0. The van der Waals surface area contributed by atoms with Crippen LogP contribution in [-0.4, -0.2) is 90.8 Å². The van der Waals surface area contributed by atoms with Gasteiger partial charge in [-0.1, -0.05) is 12.1 Å². The van der Waals surface area contributed by atoms with Crippen LogP contribution >= 0.6 is 0 Å². The van der Waals surface area contributed by atoms with Gasteiger partial charge in [0.2, 0.25) is 0 Å². The number of aromatic amines is 1. The first-order valence-corrected chi connectivity index (χ1v) is 11.1. The van der Waals surface area contributed by atoms with E-state index in [0.29, 0.717) is 37.6 Å². The molecule has 1 aromatic carbocycles. The van der Waals surface area contributed by atoms with E-state index in [1.165, 1.54) is 0 Å². The number of aromatic nitrogens is 4. The number of amides is 1. The molecule has 1 amide bonds. The summed E-state index contributed by atoms with van der Waals surface area (Å²) in [6.07, 6.45) is 0. The summed E-state index contributed by atoms with van der Waals surface area (Å²) in [6, 6.07) is 13.4. The molecule has 10 nitrogen and oxygen atoms in total. The highest BCUT2D eigenvalue weighted by Crippen LogP contribution is 2.23. The third-order valence-electron chi connectivity index (χ3n) is 6.04. The highest BCUT2D eigenvalue weighted by Gasteiger charge is 2.25. The number of H-pyrrole nitrogens is 1. The smallest absolute Gasteiger partial charge is 0.272 e. The van der Waals surface area contributed by atoms with Crippen molar-refractivity contribution in [2.24, 2.45) is 0 Å². The van der Waals surface area contributed by atoms with Gasteiger partial charge in [-0.05, 0) is 30.3 Å². The molecule has 0 bridgehead atoms. The molecule has 0 saturated carbocycles. The van der Waals surface area contributed by atoms with Crippen molar-refractivity contribution in [2.75, 3.05) is 69.4 Å². The summed E-state index contributed by atoms with van der Waals surface area (Å²) in [4.78, 5) is 19.2. The lowest BCUT2D eigenvalue weighted by Crippen LogP contribution is -2.49. The molecule has 4 heterocycles. The molecule has 10 heteroatoms. The number of ether oxygens (including phenoxy) is 2. The number of rotatable bonds is 5. The van der Waals surface area contributed by atoms with Gasteiger partial charge < -0.3 is 24.2 Å².